The molecule has 13 nitrogen and oxygen atoms in total. The number of nitrogen functional groups attached to an aromatic ring is 1. The van der Waals surface area contributed by atoms with Crippen LogP contribution in [0.1, 0.15) is 0 Å². The van der Waals surface area contributed by atoms with Gasteiger partial charge in [0.2, 0.25) is 5.95 Å². The smallest absolute Gasteiger partial charge is 0.341 e. The lowest BCUT2D eigenvalue weighted by atomic mass is 10.2. The molecular formula is C26H26F2N8O5. The standard InChI is InChI=1S/C26H26F2N8O5/c1-32-23-19-12-17(20-3-2-10-40-20)31-36(19)25(29)30-24(23)35(26(32)39)9-6-33-4-7-34(8-5-33)18-13-21(41-14-22(37)38)16(28)11-15(18)27/h2-3,10-13H,4-9,14H2,1H3,(H2,29,30)(H,37,38). The lowest BCUT2D eigenvalue weighted by Crippen LogP contribution is -2.47. The molecule has 0 amide bonds. The van der Waals surface area contributed by atoms with E-state index in [9.17, 15) is 18.4 Å². The number of carboxylic acids is 1. The number of rotatable bonds is 8. The summed E-state index contributed by atoms with van der Waals surface area (Å²) in [7, 11) is 1.67. The van der Waals surface area contributed by atoms with Crippen molar-refractivity contribution in [3.8, 4) is 17.2 Å². The molecule has 41 heavy (non-hydrogen) atoms. The Balaban J connectivity index is 1.18. The van der Waals surface area contributed by atoms with Gasteiger partial charge < -0.3 is 24.9 Å². The number of anilines is 2. The van der Waals surface area contributed by atoms with Crippen LogP contribution in [0.5, 0.6) is 5.75 Å². The van der Waals surface area contributed by atoms with Gasteiger partial charge in [-0.1, -0.05) is 0 Å². The number of imidazole rings is 1. The minimum atomic E-state index is -1.26. The van der Waals surface area contributed by atoms with Gasteiger partial charge in [0.1, 0.15) is 17.0 Å². The first-order valence-electron chi connectivity index (χ1n) is 12.8. The van der Waals surface area contributed by atoms with Gasteiger partial charge in [0.15, 0.2) is 29.6 Å². The maximum Gasteiger partial charge on any atom is 0.341 e. The number of carboxylic acid groups (broad SMARTS) is 1. The van der Waals surface area contributed by atoms with Gasteiger partial charge in [-0.2, -0.15) is 14.6 Å². The van der Waals surface area contributed by atoms with Crippen molar-refractivity contribution < 1.29 is 27.8 Å². The highest BCUT2D eigenvalue weighted by Crippen LogP contribution is 2.29. The predicted molar refractivity (Wildman–Crippen MR) is 144 cm³/mol. The molecule has 1 aliphatic rings. The number of nitrogens with zero attached hydrogens (tertiary/aromatic N) is 7. The number of piperazine rings is 1. The molecule has 0 radical (unpaired) electrons. The second-order valence-corrected chi connectivity index (χ2v) is 9.68. The zero-order valence-electron chi connectivity index (χ0n) is 22.0. The number of nitrogens with two attached hydrogens (primary N) is 1. The number of carbonyl (C=O) groups is 1. The quantitative estimate of drug-likeness (QED) is 0.284. The van der Waals surface area contributed by atoms with E-state index >= 15 is 0 Å². The van der Waals surface area contributed by atoms with E-state index in [1.807, 2.05) is 0 Å². The van der Waals surface area contributed by atoms with E-state index in [4.69, 9.17) is 20.0 Å². The van der Waals surface area contributed by atoms with Crippen LogP contribution in [0.2, 0.25) is 0 Å². The minimum absolute atomic E-state index is 0.131. The molecule has 0 bridgehead atoms. The van der Waals surface area contributed by atoms with Gasteiger partial charge in [0.25, 0.3) is 0 Å². The number of aryl methyl sites for hydroxylation is 1. The Hall–Kier alpha value is -4.92. The molecule has 0 saturated carbocycles. The number of hydrogen-bond donors (Lipinski definition) is 2. The molecule has 15 heteroatoms. The van der Waals surface area contributed by atoms with Crippen molar-refractivity contribution in [3.05, 3.63) is 58.7 Å². The van der Waals surface area contributed by atoms with Gasteiger partial charge in [-0.15, -0.1) is 0 Å². The fourth-order valence-corrected chi connectivity index (χ4v) is 5.14. The zero-order chi connectivity index (χ0) is 28.8. The summed E-state index contributed by atoms with van der Waals surface area (Å²) >= 11 is 0. The Morgan fingerprint density at radius 1 is 1.15 bits per heavy atom. The van der Waals surface area contributed by atoms with Gasteiger partial charge in [0, 0.05) is 58.4 Å². The van der Waals surface area contributed by atoms with E-state index in [2.05, 4.69) is 15.0 Å². The lowest BCUT2D eigenvalue weighted by Gasteiger charge is -2.36. The third-order valence-corrected chi connectivity index (χ3v) is 7.19. The van der Waals surface area contributed by atoms with Gasteiger partial charge in [0.05, 0.1) is 17.5 Å². The van der Waals surface area contributed by atoms with E-state index in [0.717, 1.165) is 0 Å². The summed E-state index contributed by atoms with van der Waals surface area (Å²) in [6, 6.07) is 7.22. The van der Waals surface area contributed by atoms with Gasteiger partial charge in [-0.25, -0.2) is 18.4 Å². The molecule has 1 aromatic carbocycles. The fourth-order valence-electron chi connectivity index (χ4n) is 5.14. The molecule has 0 atom stereocenters. The first-order chi connectivity index (χ1) is 19.7. The topological polar surface area (TPSA) is 149 Å². The number of halogens is 2. The Labute approximate surface area is 230 Å². The summed E-state index contributed by atoms with van der Waals surface area (Å²) in [4.78, 5) is 32.4. The number of hydrogen-bond acceptors (Lipinski definition) is 9. The first-order valence-corrected chi connectivity index (χ1v) is 12.8. The second-order valence-electron chi connectivity index (χ2n) is 9.68. The molecule has 4 aromatic heterocycles. The lowest BCUT2D eigenvalue weighted by molar-refractivity contribution is -0.139. The number of furan rings is 1. The van der Waals surface area contributed by atoms with Crippen LogP contribution in [0.15, 0.2) is 45.8 Å². The van der Waals surface area contributed by atoms with Crippen molar-refractivity contribution in [2.24, 2.45) is 7.05 Å². The third kappa shape index (κ3) is 4.73. The van der Waals surface area contributed by atoms with Crippen molar-refractivity contribution >= 4 is 34.3 Å². The summed E-state index contributed by atoms with van der Waals surface area (Å²) in [5, 5.41) is 13.3. The average Bonchev–Trinajstić information content (AvgIpc) is 3.68. The second kappa shape index (κ2) is 10.2. The Bertz CT molecular complexity index is 1820. The van der Waals surface area contributed by atoms with Crippen LogP contribution in [0.4, 0.5) is 20.4 Å². The van der Waals surface area contributed by atoms with Crippen molar-refractivity contribution in [1.82, 2.24) is 28.6 Å². The third-order valence-electron chi connectivity index (χ3n) is 7.19. The minimum Gasteiger partial charge on any atom is -0.479 e. The summed E-state index contributed by atoms with van der Waals surface area (Å²) in [5.74, 6) is -2.62. The number of aliphatic carboxylic acids is 1. The van der Waals surface area contributed by atoms with E-state index in [1.54, 1.807) is 41.0 Å². The maximum absolute atomic E-state index is 14.6. The van der Waals surface area contributed by atoms with Crippen LogP contribution >= 0.6 is 0 Å². The number of ether oxygens (including phenoxy) is 1. The molecule has 5 heterocycles. The summed E-state index contributed by atoms with van der Waals surface area (Å²) in [6.45, 7) is 2.10. The van der Waals surface area contributed by atoms with Crippen molar-refractivity contribution in [2.75, 3.05) is 50.0 Å². The van der Waals surface area contributed by atoms with E-state index in [0.29, 0.717) is 73.5 Å². The average molecular weight is 569 g/mol. The van der Waals surface area contributed by atoms with Crippen LogP contribution in [-0.2, 0) is 18.4 Å². The monoisotopic (exact) mass is 568 g/mol. The number of benzene rings is 1. The van der Waals surface area contributed by atoms with Gasteiger partial charge in [-0.3, -0.25) is 14.0 Å². The Morgan fingerprint density at radius 3 is 2.63 bits per heavy atom. The predicted octanol–water partition coefficient (Wildman–Crippen LogP) is 1.79. The molecular weight excluding hydrogens is 542 g/mol. The normalized spacial score (nSPS) is 14.4. The molecule has 0 unspecified atom stereocenters. The molecule has 214 valence electrons. The van der Waals surface area contributed by atoms with Crippen LogP contribution in [-0.4, -0.2) is 79.0 Å². The molecule has 3 N–H and O–H groups in total. The maximum atomic E-state index is 14.6. The van der Waals surface area contributed by atoms with Crippen LogP contribution in [0.3, 0.4) is 0 Å². The van der Waals surface area contributed by atoms with Gasteiger partial charge in [-0.05, 0) is 18.2 Å². The molecule has 0 aliphatic carbocycles. The summed E-state index contributed by atoms with van der Waals surface area (Å²) in [6.07, 6.45) is 1.55. The van der Waals surface area contributed by atoms with Crippen LogP contribution < -0.4 is 21.1 Å². The molecule has 1 fully saturated rings. The molecule has 5 aromatic rings. The molecule has 6 rings (SSSR count). The first kappa shape index (κ1) is 26.3. The van der Waals surface area contributed by atoms with Crippen molar-refractivity contribution in [1.29, 1.82) is 0 Å². The number of fused-ring (bicyclic) bond motifs is 3. The van der Waals surface area contributed by atoms with Crippen LogP contribution in [0, 0.1) is 11.6 Å². The van der Waals surface area contributed by atoms with E-state index in [1.165, 1.54) is 15.1 Å². The molecule has 0 spiro atoms. The summed E-state index contributed by atoms with van der Waals surface area (Å²) < 4.78 is 43.6. The largest absolute Gasteiger partial charge is 0.479 e. The fraction of sp³-hybridized carbons (Fsp3) is 0.308. The molecule has 1 aliphatic heterocycles. The molecule has 1 saturated heterocycles. The van der Waals surface area contributed by atoms with Crippen molar-refractivity contribution in [3.63, 3.8) is 0 Å². The van der Waals surface area contributed by atoms with Gasteiger partial charge >= 0.3 is 11.7 Å². The Kier molecular flexibility index (Phi) is 6.57. The zero-order valence-corrected chi connectivity index (χ0v) is 22.0. The Morgan fingerprint density at radius 2 is 1.93 bits per heavy atom. The van der Waals surface area contributed by atoms with Crippen LogP contribution in [0.25, 0.3) is 28.1 Å². The summed E-state index contributed by atoms with van der Waals surface area (Å²) in [5.41, 5.74) is 8.32. The highest BCUT2D eigenvalue weighted by atomic mass is 19.1. The van der Waals surface area contributed by atoms with E-state index in [-0.39, 0.29) is 23.1 Å². The highest BCUT2D eigenvalue weighted by Gasteiger charge is 2.24. The van der Waals surface area contributed by atoms with Crippen molar-refractivity contribution in [2.45, 2.75) is 6.54 Å². The highest BCUT2D eigenvalue weighted by molar-refractivity contribution is 5.91. The number of aromatic nitrogens is 5. The SMILES string of the molecule is Cn1c(=O)n(CCN2CCN(c3cc(OCC(=O)O)c(F)cc3F)CC2)c2nc(N)n3nc(-c4ccco4)cc3c21. The van der Waals surface area contributed by atoms with E-state index < -0.39 is 24.2 Å².